The summed E-state index contributed by atoms with van der Waals surface area (Å²) in [5, 5.41) is 2.81. The van der Waals surface area contributed by atoms with E-state index in [1.165, 1.54) is 0 Å². The molecule has 6 nitrogen and oxygen atoms in total. The van der Waals surface area contributed by atoms with Crippen molar-refractivity contribution < 1.29 is 14.3 Å². The van der Waals surface area contributed by atoms with Gasteiger partial charge in [0.2, 0.25) is 0 Å². The number of aromatic nitrogens is 1. The molecule has 0 fully saturated rings. The molecular weight excluding hydrogens is 354 g/mol. The van der Waals surface area contributed by atoms with Crippen molar-refractivity contribution in [3.05, 3.63) is 78.6 Å². The number of carbonyl (C=O) groups is 1. The van der Waals surface area contributed by atoms with Crippen molar-refractivity contribution in [1.29, 1.82) is 0 Å². The third-order valence-electron chi connectivity index (χ3n) is 4.23. The van der Waals surface area contributed by atoms with Crippen LogP contribution in [0.1, 0.15) is 10.5 Å². The van der Waals surface area contributed by atoms with Gasteiger partial charge in [0.25, 0.3) is 5.91 Å². The van der Waals surface area contributed by atoms with Crippen molar-refractivity contribution in [2.24, 2.45) is 0 Å². The molecule has 144 valence electrons. The number of nitrogens with one attached hydrogen (secondary N) is 1. The van der Waals surface area contributed by atoms with Crippen LogP contribution in [0.15, 0.2) is 72.9 Å². The predicted molar refractivity (Wildman–Crippen MR) is 110 cm³/mol. The molecule has 3 rings (SSSR count). The lowest BCUT2D eigenvalue weighted by atomic mass is 10.2. The van der Waals surface area contributed by atoms with Gasteiger partial charge in [-0.05, 0) is 48.5 Å². The van der Waals surface area contributed by atoms with E-state index in [0.29, 0.717) is 18.8 Å². The molecule has 0 atom stereocenters. The first-order valence-corrected chi connectivity index (χ1v) is 8.97. The highest BCUT2D eigenvalue weighted by molar-refractivity contribution is 5.92. The summed E-state index contributed by atoms with van der Waals surface area (Å²) in [5.74, 6) is 1.27. The maximum atomic E-state index is 12.2. The monoisotopic (exact) mass is 377 g/mol. The first kappa shape index (κ1) is 19.2. The van der Waals surface area contributed by atoms with E-state index in [2.05, 4.69) is 10.3 Å². The van der Waals surface area contributed by atoms with Gasteiger partial charge in [-0.25, -0.2) is 4.98 Å². The van der Waals surface area contributed by atoms with Gasteiger partial charge in [-0.3, -0.25) is 4.79 Å². The van der Waals surface area contributed by atoms with Crippen LogP contribution in [0.25, 0.3) is 0 Å². The molecule has 6 heteroatoms. The molecule has 0 saturated carbocycles. The molecule has 28 heavy (non-hydrogen) atoms. The lowest BCUT2D eigenvalue weighted by Crippen LogP contribution is -2.28. The minimum atomic E-state index is -0.229. The van der Waals surface area contributed by atoms with Gasteiger partial charge in [-0.2, -0.15) is 0 Å². The highest BCUT2D eigenvalue weighted by Crippen LogP contribution is 2.22. The van der Waals surface area contributed by atoms with E-state index in [-0.39, 0.29) is 5.91 Å². The van der Waals surface area contributed by atoms with Gasteiger partial charge < -0.3 is 19.7 Å². The Morgan fingerprint density at radius 2 is 1.68 bits per heavy atom. The van der Waals surface area contributed by atoms with Crippen LogP contribution in [0, 0.1) is 0 Å². The van der Waals surface area contributed by atoms with E-state index in [9.17, 15) is 4.79 Å². The van der Waals surface area contributed by atoms with Crippen molar-refractivity contribution in [1.82, 2.24) is 10.3 Å². The summed E-state index contributed by atoms with van der Waals surface area (Å²) >= 11 is 0. The number of benzene rings is 2. The summed E-state index contributed by atoms with van der Waals surface area (Å²) in [6.07, 6.45) is 1.69. The van der Waals surface area contributed by atoms with Crippen LogP contribution in [0.5, 0.6) is 11.5 Å². The number of amides is 1. The summed E-state index contributed by atoms with van der Waals surface area (Å²) in [4.78, 5) is 18.5. The van der Waals surface area contributed by atoms with Crippen LogP contribution >= 0.6 is 0 Å². The normalized spacial score (nSPS) is 10.2. The summed E-state index contributed by atoms with van der Waals surface area (Å²) in [6.45, 7) is 0.755. The molecule has 0 aliphatic rings. The Kier molecular flexibility index (Phi) is 6.46. The van der Waals surface area contributed by atoms with Crippen LogP contribution in [0.4, 0.5) is 11.4 Å². The average Bonchev–Trinajstić information content (AvgIpc) is 2.77. The zero-order valence-corrected chi connectivity index (χ0v) is 16.0. The van der Waals surface area contributed by atoms with Crippen molar-refractivity contribution in [3.63, 3.8) is 0 Å². The first-order valence-electron chi connectivity index (χ1n) is 8.97. The molecule has 0 aliphatic carbocycles. The third-order valence-corrected chi connectivity index (χ3v) is 4.23. The molecule has 0 bridgehead atoms. The SMILES string of the molecule is COc1ccc(OCCNC(=O)c2ccc(N(C)c3ccccc3)cn2)cc1. The van der Waals surface area contributed by atoms with Gasteiger partial charge in [-0.15, -0.1) is 0 Å². The standard InChI is InChI=1S/C22H23N3O3/c1-25(17-6-4-3-5-7-17)18-8-13-21(24-16-18)22(26)23-14-15-28-20-11-9-19(27-2)10-12-20/h3-13,16H,14-15H2,1-2H3,(H,23,26). The minimum absolute atomic E-state index is 0.229. The molecule has 0 radical (unpaired) electrons. The number of hydrogen-bond acceptors (Lipinski definition) is 5. The fourth-order valence-electron chi connectivity index (χ4n) is 2.62. The van der Waals surface area contributed by atoms with Crippen LogP contribution < -0.4 is 19.7 Å². The second-order valence-electron chi connectivity index (χ2n) is 6.08. The maximum Gasteiger partial charge on any atom is 0.269 e. The molecule has 1 N–H and O–H groups in total. The van der Waals surface area contributed by atoms with Gasteiger partial charge in [0.15, 0.2) is 0 Å². The first-order chi connectivity index (χ1) is 13.7. The summed E-state index contributed by atoms with van der Waals surface area (Å²) in [5.41, 5.74) is 2.33. The van der Waals surface area contributed by atoms with Crippen molar-refractivity contribution in [2.75, 3.05) is 32.2 Å². The predicted octanol–water partition coefficient (Wildman–Crippen LogP) is 3.67. The van der Waals surface area contributed by atoms with Crippen LogP contribution in [-0.2, 0) is 0 Å². The molecule has 1 aromatic heterocycles. The molecule has 0 saturated heterocycles. The van der Waals surface area contributed by atoms with Gasteiger partial charge in [-0.1, -0.05) is 18.2 Å². The number of para-hydroxylation sites is 1. The second kappa shape index (κ2) is 9.41. The maximum absolute atomic E-state index is 12.2. The molecular formula is C22H23N3O3. The minimum Gasteiger partial charge on any atom is -0.497 e. The fourth-order valence-corrected chi connectivity index (χ4v) is 2.62. The quantitative estimate of drug-likeness (QED) is 0.607. The topological polar surface area (TPSA) is 63.7 Å². The van der Waals surface area contributed by atoms with Gasteiger partial charge >= 0.3 is 0 Å². The number of rotatable bonds is 8. The molecule has 1 amide bonds. The van der Waals surface area contributed by atoms with E-state index in [1.807, 2.05) is 72.6 Å². The summed E-state index contributed by atoms with van der Waals surface area (Å²) < 4.78 is 10.7. The van der Waals surface area contributed by atoms with Crippen molar-refractivity contribution in [3.8, 4) is 11.5 Å². The number of pyridine rings is 1. The van der Waals surface area contributed by atoms with Gasteiger partial charge in [0.05, 0.1) is 25.5 Å². The van der Waals surface area contributed by atoms with E-state index < -0.39 is 0 Å². The Balaban J connectivity index is 1.47. The molecule has 0 unspecified atom stereocenters. The van der Waals surface area contributed by atoms with Crippen LogP contribution in [0.2, 0.25) is 0 Å². The van der Waals surface area contributed by atoms with Gasteiger partial charge in [0.1, 0.15) is 23.8 Å². The highest BCUT2D eigenvalue weighted by Gasteiger charge is 2.09. The summed E-state index contributed by atoms with van der Waals surface area (Å²) in [6, 6.07) is 20.9. The average molecular weight is 377 g/mol. The lowest BCUT2D eigenvalue weighted by molar-refractivity contribution is 0.0942. The van der Waals surface area contributed by atoms with Crippen molar-refractivity contribution >= 4 is 17.3 Å². The largest absolute Gasteiger partial charge is 0.497 e. The zero-order valence-electron chi connectivity index (χ0n) is 16.0. The Morgan fingerprint density at radius 3 is 2.32 bits per heavy atom. The van der Waals surface area contributed by atoms with Crippen LogP contribution in [0.3, 0.4) is 0 Å². The Morgan fingerprint density at radius 1 is 0.964 bits per heavy atom. The Hall–Kier alpha value is -3.54. The molecule has 3 aromatic rings. The fraction of sp³-hybridized carbons (Fsp3) is 0.182. The van der Waals surface area contributed by atoms with Crippen molar-refractivity contribution in [2.45, 2.75) is 0 Å². The molecule has 2 aromatic carbocycles. The highest BCUT2D eigenvalue weighted by atomic mass is 16.5. The van der Waals surface area contributed by atoms with E-state index in [4.69, 9.17) is 9.47 Å². The lowest BCUT2D eigenvalue weighted by Gasteiger charge is -2.19. The van der Waals surface area contributed by atoms with Crippen LogP contribution in [-0.4, -0.2) is 38.2 Å². The van der Waals surface area contributed by atoms with E-state index >= 15 is 0 Å². The second-order valence-corrected chi connectivity index (χ2v) is 6.08. The van der Waals surface area contributed by atoms with E-state index in [0.717, 1.165) is 22.9 Å². The molecule has 0 spiro atoms. The number of ether oxygens (including phenoxy) is 2. The van der Waals surface area contributed by atoms with Gasteiger partial charge in [0, 0.05) is 12.7 Å². The number of nitrogens with zero attached hydrogens (tertiary/aromatic N) is 2. The van der Waals surface area contributed by atoms with E-state index in [1.54, 1.807) is 19.4 Å². The molecule has 1 heterocycles. The third kappa shape index (κ3) is 5.01. The summed E-state index contributed by atoms with van der Waals surface area (Å²) in [7, 11) is 3.58. The number of hydrogen-bond donors (Lipinski definition) is 1. The Labute approximate surface area is 164 Å². The molecule has 0 aliphatic heterocycles. The Bertz CT molecular complexity index is 881. The zero-order chi connectivity index (χ0) is 19.8. The smallest absolute Gasteiger partial charge is 0.269 e. The number of anilines is 2. The number of methoxy groups -OCH3 is 1. The number of carbonyl (C=O) groups excluding carboxylic acids is 1.